The molecule has 0 unspecified atom stereocenters. The first kappa shape index (κ1) is 11.5. The summed E-state index contributed by atoms with van der Waals surface area (Å²) in [4.78, 5) is 4.16. The quantitative estimate of drug-likeness (QED) is 0.596. The number of methoxy groups -OCH3 is 1. The van der Waals surface area contributed by atoms with Crippen LogP contribution in [0.4, 0.5) is 0 Å². The first-order valence-corrected chi connectivity index (χ1v) is 4.92. The van der Waals surface area contributed by atoms with Crippen LogP contribution in [0.2, 0.25) is 0 Å². The van der Waals surface area contributed by atoms with Crippen molar-refractivity contribution in [2.24, 2.45) is 0 Å². The van der Waals surface area contributed by atoms with Gasteiger partial charge in [0, 0.05) is 30.3 Å². The van der Waals surface area contributed by atoms with Crippen LogP contribution in [0.15, 0.2) is 12.3 Å². The summed E-state index contributed by atoms with van der Waals surface area (Å²) in [5, 5.41) is 3.05. The Morgan fingerprint density at radius 1 is 1.53 bits per heavy atom. The molecule has 0 aliphatic rings. The molecule has 0 aliphatic heterocycles. The van der Waals surface area contributed by atoms with Crippen molar-refractivity contribution in [3.05, 3.63) is 23.4 Å². The second kappa shape index (κ2) is 6.05. The predicted molar refractivity (Wildman–Crippen MR) is 60.9 cm³/mol. The summed E-state index contributed by atoms with van der Waals surface area (Å²) in [6, 6.07) is 1.98. The number of hydrogen-bond donors (Lipinski definition) is 1. The lowest BCUT2D eigenvalue weighted by molar-refractivity contribution is 0.394. The third-order valence-corrected chi connectivity index (χ3v) is 1.96. The van der Waals surface area contributed by atoms with Crippen LogP contribution in [0.1, 0.15) is 17.5 Å². The van der Waals surface area contributed by atoms with Crippen molar-refractivity contribution in [3.8, 4) is 17.7 Å². The van der Waals surface area contributed by atoms with Crippen molar-refractivity contribution in [2.45, 2.75) is 13.3 Å². The van der Waals surface area contributed by atoms with Crippen molar-refractivity contribution in [3.63, 3.8) is 0 Å². The van der Waals surface area contributed by atoms with Gasteiger partial charge in [-0.25, -0.2) is 4.98 Å². The number of pyridine rings is 1. The van der Waals surface area contributed by atoms with Crippen molar-refractivity contribution < 1.29 is 4.74 Å². The zero-order valence-electron chi connectivity index (χ0n) is 9.42. The van der Waals surface area contributed by atoms with Crippen LogP contribution in [-0.2, 0) is 0 Å². The summed E-state index contributed by atoms with van der Waals surface area (Å²) in [6.45, 7) is 2.88. The van der Waals surface area contributed by atoms with E-state index >= 15 is 0 Å². The fraction of sp³-hybridized carbons (Fsp3) is 0.417. The number of nitrogens with one attached hydrogen (secondary N) is 1. The van der Waals surface area contributed by atoms with Gasteiger partial charge in [0.2, 0.25) is 5.88 Å². The number of nitrogens with zero attached hydrogens (tertiary/aromatic N) is 1. The molecule has 0 bridgehead atoms. The summed E-state index contributed by atoms with van der Waals surface area (Å²) in [5.41, 5.74) is 1.95. The van der Waals surface area contributed by atoms with E-state index in [0.717, 1.165) is 24.1 Å². The molecule has 1 aromatic heterocycles. The van der Waals surface area contributed by atoms with E-state index in [1.807, 2.05) is 20.0 Å². The predicted octanol–water partition coefficient (Wildman–Crippen LogP) is 1.36. The molecule has 1 heterocycles. The van der Waals surface area contributed by atoms with Gasteiger partial charge in [-0.15, -0.1) is 0 Å². The molecular formula is C12H16N2O. The van der Waals surface area contributed by atoms with E-state index in [-0.39, 0.29) is 0 Å². The van der Waals surface area contributed by atoms with Crippen LogP contribution < -0.4 is 10.1 Å². The van der Waals surface area contributed by atoms with Crippen molar-refractivity contribution in [1.82, 2.24) is 10.3 Å². The van der Waals surface area contributed by atoms with E-state index < -0.39 is 0 Å². The zero-order valence-corrected chi connectivity index (χ0v) is 9.42. The molecule has 1 aromatic rings. The fourth-order valence-corrected chi connectivity index (χ4v) is 1.20. The van der Waals surface area contributed by atoms with Gasteiger partial charge in [0.05, 0.1) is 7.11 Å². The fourth-order valence-electron chi connectivity index (χ4n) is 1.20. The molecule has 0 spiro atoms. The largest absolute Gasteiger partial charge is 0.481 e. The molecule has 1 rings (SSSR count). The van der Waals surface area contributed by atoms with Crippen LogP contribution in [0, 0.1) is 18.8 Å². The van der Waals surface area contributed by atoms with Crippen LogP contribution in [-0.4, -0.2) is 25.7 Å². The van der Waals surface area contributed by atoms with Gasteiger partial charge in [-0.1, -0.05) is 11.8 Å². The maximum absolute atomic E-state index is 5.07. The SMILES string of the molecule is CNCCC#Cc1cnc(OC)c(C)c1. The lowest BCUT2D eigenvalue weighted by Gasteiger charge is -2.01. The van der Waals surface area contributed by atoms with E-state index in [0.29, 0.717) is 5.88 Å². The highest BCUT2D eigenvalue weighted by atomic mass is 16.5. The van der Waals surface area contributed by atoms with Gasteiger partial charge in [-0.2, -0.15) is 0 Å². The van der Waals surface area contributed by atoms with Gasteiger partial charge < -0.3 is 10.1 Å². The molecule has 1 N–H and O–H groups in total. The Hall–Kier alpha value is -1.53. The first-order chi connectivity index (χ1) is 7.27. The zero-order chi connectivity index (χ0) is 11.1. The van der Waals surface area contributed by atoms with Gasteiger partial charge in [-0.3, -0.25) is 0 Å². The highest BCUT2D eigenvalue weighted by Gasteiger charge is 1.98. The van der Waals surface area contributed by atoms with E-state index in [2.05, 4.69) is 22.1 Å². The Balaban J connectivity index is 2.69. The highest BCUT2D eigenvalue weighted by Crippen LogP contribution is 2.13. The third-order valence-electron chi connectivity index (χ3n) is 1.96. The topological polar surface area (TPSA) is 34.2 Å². The summed E-state index contributed by atoms with van der Waals surface area (Å²) in [5.74, 6) is 6.80. The lowest BCUT2D eigenvalue weighted by atomic mass is 10.2. The van der Waals surface area contributed by atoms with E-state index in [1.165, 1.54) is 0 Å². The van der Waals surface area contributed by atoms with Crippen LogP contribution >= 0.6 is 0 Å². The molecular weight excluding hydrogens is 188 g/mol. The highest BCUT2D eigenvalue weighted by molar-refractivity contribution is 5.38. The molecule has 3 heteroatoms. The molecule has 0 atom stereocenters. The summed E-state index contributed by atoms with van der Waals surface area (Å²) in [7, 11) is 3.54. The van der Waals surface area contributed by atoms with Crippen LogP contribution in [0.3, 0.4) is 0 Å². The molecule has 0 radical (unpaired) electrons. The van der Waals surface area contributed by atoms with Gasteiger partial charge >= 0.3 is 0 Å². The normalized spacial score (nSPS) is 9.27. The minimum absolute atomic E-state index is 0.663. The van der Waals surface area contributed by atoms with Crippen molar-refractivity contribution in [2.75, 3.05) is 20.7 Å². The number of hydrogen-bond acceptors (Lipinski definition) is 3. The molecule has 0 saturated heterocycles. The van der Waals surface area contributed by atoms with Crippen LogP contribution in [0.5, 0.6) is 5.88 Å². The standard InChI is InChI=1S/C12H16N2O/c1-10-8-11(6-4-5-7-13-2)9-14-12(10)15-3/h8-9,13H,5,7H2,1-3H3. The molecule has 80 valence electrons. The summed E-state index contributed by atoms with van der Waals surface area (Å²) in [6.07, 6.45) is 2.58. The Morgan fingerprint density at radius 3 is 2.93 bits per heavy atom. The van der Waals surface area contributed by atoms with Crippen LogP contribution in [0.25, 0.3) is 0 Å². The maximum atomic E-state index is 5.07. The lowest BCUT2D eigenvalue weighted by Crippen LogP contribution is -2.05. The average Bonchev–Trinajstić information content (AvgIpc) is 2.25. The van der Waals surface area contributed by atoms with Crippen molar-refractivity contribution in [1.29, 1.82) is 0 Å². The second-order valence-electron chi connectivity index (χ2n) is 3.21. The Kier molecular flexibility index (Phi) is 4.65. The third kappa shape index (κ3) is 3.61. The van der Waals surface area contributed by atoms with Gasteiger partial charge in [0.25, 0.3) is 0 Å². The number of aromatic nitrogens is 1. The molecule has 0 saturated carbocycles. The van der Waals surface area contributed by atoms with Gasteiger partial charge in [0.1, 0.15) is 0 Å². The second-order valence-corrected chi connectivity index (χ2v) is 3.21. The maximum Gasteiger partial charge on any atom is 0.215 e. The molecule has 0 aliphatic carbocycles. The molecule has 0 fully saturated rings. The van der Waals surface area contributed by atoms with E-state index in [9.17, 15) is 0 Å². The molecule has 0 amide bonds. The number of ether oxygens (including phenoxy) is 1. The molecule has 3 nitrogen and oxygen atoms in total. The Bertz CT molecular complexity index is 377. The van der Waals surface area contributed by atoms with Crippen molar-refractivity contribution >= 4 is 0 Å². The molecule has 0 aromatic carbocycles. The number of rotatable bonds is 3. The summed E-state index contributed by atoms with van der Waals surface area (Å²) >= 11 is 0. The van der Waals surface area contributed by atoms with Gasteiger partial charge in [0.15, 0.2) is 0 Å². The minimum atomic E-state index is 0.663. The number of aryl methyl sites for hydroxylation is 1. The monoisotopic (exact) mass is 204 g/mol. The Labute approximate surface area is 90.9 Å². The van der Waals surface area contributed by atoms with E-state index in [1.54, 1.807) is 13.3 Å². The smallest absolute Gasteiger partial charge is 0.215 e. The minimum Gasteiger partial charge on any atom is -0.481 e. The van der Waals surface area contributed by atoms with Gasteiger partial charge in [-0.05, 0) is 20.0 Å². The van der Waals surface area contributed by atoms with E-state index in [4.69, 9.17) is 4.74 Å². The summed E-state index contributed by atoms with van der Waals surface area (Å²) < 4.78 is 5.07. The first-order valence-electron chi connectivity index (χ1n) is 4.92. The molecule has 15 heavy (non-hydrogen) atoms. The Morgan fingerprint density at radius 2 is 2.33 bits per heavy atom. The average molecular weight is 204 g/mol.